The van der Waals surface area contributed by atoms with Gasteiger partial charge in [-0.1, -0.05) is 0 Å². The molecule has 0 radical (unpaired) electrons. The van der Waals surface area contributed by atoms with Gasteiger partial charge in [0.25, 0.3) is 11.8 Å². The number of aliphatic carboxylic acids is 1. The smallest absolute Gasteiger partial charge is 0.333 e. The lowest BCUT2D eigenvalue weighted by Crippen LogP contribution is -2.32. The molecule has 0 aromatic heterocycles. The number of hydrogen-bond donors (Lipinski definition) is 1. The summed E-state index contributed by atoms with van der Waals surface area (Å²) in [5, 5.41) is 10.5. The van der Waals surface area contributed by atoms with Crippen LogP contribution in [0.1, 0.15) is 38.5 Å². The minimum Gasteiger partial charge on any atom is -0.481 e. The topological polar surface area (TPSA) is 120 Å². The van der Waals surface area contributed by atoms with Crippen LogP contribution >= 0.6 is 11.3 Å². The number of hydrogen-bond acceptors (Lipinski definition) is 8. The van der Waals surface area contributed by atoms with Crippen LogP contribution in [0.3, 0.4) is 0 Å². The molecule has 0 atom stereocenters. The molecular weight excluding hydrogens is 496 g/mol. The average Bonchev–Trinajstić information content (AvgIpc) is 3.18. The van der Waals surface area contributed by atoms with Crippen molar-refractivity contribution in [3.63, 3.8) is 0 Å². The van der Waals surface area contributed by atoms with Crippen molar-refractivity contribution in [2.24, 2.45) is 0 Å². The van der Waals surface area contributed by atoms with Crippen LogP contribution in [0.15, 0.2) is 36.4 Å². The molecule has 2 amide bonds. The largest absolute Gasteiger partial charge is 0.481 e. The highest BCUT2D eigenvalue weighted by atomic mass is 32.1. The standard InChI is InChI=1S/C26H28N4O6S/c1-28(13-3-5-25(33)34)17-7-9-19-21(15-17)37-22-16-18(8-10-20(22)27-19)29(2)14-4-6-26(35)36-30-23(31)11-12-24(30)32/h7-10,15-16H,3-6,11-14H2,1-2H3/p+1. The van der Waals surface area contributed by atoms with Crippen LogP contribution < -0.4 is 14.8 Å². The van der Waals surface area contributed by atoms with E-state index in [1.54, 1.807) is 11.3 Å². The second kappa shape index (κ2) is 11.5. The van der Waals surface area contributed by atoms with Crippen LogP contribution in [0.25, 0.3) is 20.8 Å². The number of nitrogens with zero attached hydrogens (tertiary/aromatic N) is 4. The number of anilines is 1. The van der Waals surface area contributed by atoms with Crippen LogP contribution in [-0.4, -0.2) is 66.1 Å². The molecule has 11 heteroatoms. The van der Waals surface area contributed by atoms with Gasteiger partial charge in [-0.05, 0) is 30.7 Å². The second-order valence-electron chi connectivity index (χ2n) is 9.01. The summed E-state index contributed by atoms with van der Waals surface area (Å²) >= 11 is 1.64. The van der Waals surface area contributed by atoms with Gasteiger partial charge < -0.3 is 14.8 Å². The van der Waals surface area contributed by atoms with E-state index in [4.69, 9.17) is 14.9 Å². The first-order valence-corrected chi connectivity index (χ1v) is 12.9. The van der Waals surface area contributed by atoms with Crippen molar-refractivity contribution >= 4 is 51.0 Å². The number of carbonyl (C=O) groups excluding carboxylic acids is 3. The zero-order valence-corrected chi connectivity index (χ0v) is 21.6. The summed E-state index contributed by atoms with van der Waals surface area (Å²) in [6.07, 6.45) is 1.46. The van der Waals surface area contributed by atoms with Crippen LogP contribution in [0.2, 0.25) is 0 Å². The zero-order valence-electron chi connectivity index (χ0n) is 20.8. The average molecular weight is 526 g/mol. The molecule has 1 aromatic rings. The third-order valence-electron chi connectivity index (χ3n) is 6.19. The lowest BCUT2D eigenvalue weighted by molar-refractivity contribution is -0.197. The molecule has 2 aliphatic heterocycles. The van der Waals surface area contributed by atoms with Crippen molar-refractivity contribution in [2.75, 3.05) is 32.1 Å². The molecule has 1 fully saturated rings. The molecule has 10 nitrogen and oxygen atoms in total. The number of imide groups is 1. The fourth-order valence-corrected chi connectivity index (χ4v) is 5.10. The Kier molecular flexibility index (Phi) is 8.12. The summed E-state index contributed by atoms with van der Waals surface area (Å²) in [4.78, 5) is 58.8. The number of benzene rings is 2. The Morgan fingerprint density at radius 2 is 1.86 bits per heavy atom. The number of carboxylic acids is 1. The summed E-state index contributed by atoms with van der Waals surface area (Å²) in [7, 11) is 3.88. The number of amides is 2. The summed E-state index contributed by atoms with van der Waals surface area (Å²) in [6, 6.07) is 12.1. The van der Waals surface area contributed by atoms with Gasteiger partial charge in [-0.3, -0.25) is 14.4 Å². The molecule has 1 aromatic carbocycles. The number of carboxylic acid groups (broad SMARTS) is 1. The first-order chi connectivity index (χ1) is 17.7. The van der Waals surface area contributed by atoms with Crippen molar-refractivity contribution in [3.05, 3.63) is 41.8 Å². The Balaban J connectivity index is 1.42. The maximum Gasteiger partial charge on any atom is 0.333 e. The van der Waals surface area contributed by atoms with E-state index in [0.717, 1.165) is 31.8 Å². The van der Waals surface area contributed by atoms with Gasteiger partial charge >= 0.3 is 11.9 Å². The van der Waals surface area contributed by atoms with Crippen molar-refractivity contribution in [1.29, 1.82) is 0 Å². The summed E-state index contributed by atoms with van der Waals surface area (Å²) < 4.78 is 3.07. The highest BCUT2D eigenvalue weighted by molar-refractivity contribution is 7.21. The van der Waals surface area contributed by atoms with Crippen molar-refractivity contribution < 1.29 is 29.1 Å². The maximum absolute atomic E-state index is 12.0. The minimum atomic E-state index is -0.791. The highest BCUT2D eigenvalue weighted by Gasteiger charge is 2.32. The van der Waals surface area contributed by atoms with Gasteiger partial charge in [-0.2, -0.15) is 0 Å². The van der Waals surface area contributed by atoms with Crippen LogP contribution in [0.4, 0.5) is 5.69 Å². The molecule has 1 aliphatic carbocycles. The van der Waals surface area contributed by atoms with Crippen LogP contribution in [0.5, 0.6) is 0 Å². The van der Waals surface area contributed by atoms with Crippen molar-refractivity contribution in [2.45, 2.75) is 38.5 Å². The molecule has 1 saturated heterocycles. The van der Waals surface area contributed by atoms with E-state index in [9.17, 15) is 19.2 Å². The van der Waals surface area contributed by atoms with E-state index in [1.165, 1.54) is 0 Å². The van der Waals surface area contributed by atoms with Gasteiger partial charge in [0.15, 0.2) is 0 Å². The van der Waals surface area contributed by atoms with Crippen LogP contribution in [-0.2, 0) is 24.0 Å². The summed E-state index contributed by atoms with van der Waals surface area (Å²) in [5.41, 5.74) is 2.76. The van der Waals surface area contributed by atoms with Gasteiger partial charge in [0, 0.05) is 57.1 Å². The fourth-order valence-electron chi connectivity index (χ4n) is 4.07. The number of carbonyl (C=O) groups is 4. The van der Waals surface area contributed by atoms with Gasteiger partial charge in [-0.15, -0.1) is 16.4 Å². The molecule has 0 unspecified atom stereocenters. The quantitative estimate of drug-likeness (QED) is 0.244. The van der Waals surface area contributed by atoms with Gasteiger partial charge in [0.2, 0.25) is 5.36 Å². The van der Waals surface area contributed by atoms with E-state index >= 15 is 0 Å². The molecule has 37 heavy (non-hydrogen) atoms. The SMILES string of the molecule is CN(CCCC(=O)ON1C(=O)CCC1=O)c1ccc2nc3ccc(=[N+](C)CCCC(=O)O)cc-3sc2c1. The molecule has 0 saturated carbocycles. The predicted molar refractivity (Wildman–Crippen MR) is 139 cm³/mol. The van der Waals surface area contributed by atoms with E-state index in [0.29, 0.717) is 31.0 Å². The Hall–Kier alpha value is -3.86. The van der Waals surface area contributed by atoms with E-state index < -0.39 is 23.8 Å². The molecule has 1 N–H and O–H groups in total. The lowest BCUT2D eigenvalue weighted by Gasteiger charge is -2.20. The molecule has 0 spiro atoms. The Morgan fingerprint density at radius 3 is 2.59 bits per heavy atom. The third kappa shape index (κ3) is 6.48. The number of rotatable bonds is 10. The van der Waals surface area contributed by atoms with Gasteiger partial charge in [0.05, 0.1) is 27.2 Å². The fraction of sp³-hybridized carbons (Fsp3) is 0.385. The van der Waals surface area contributed by atoms with Gasteiger partial charge in [-0.25, -0.2) is 14.4 Å². The molecule has 0 bridgehead atoms. The zero-order chi connectivity index (χ0) is 26.5. The first kappa shape index (κ1) is 26.2. The molecule has 3 aliphatic rings. The Bertz CT molecular complexity index is 1390. The third-order valence-corrected chi connectivity index (χ3v) is 7.28. The van der Waals surface area contributed by atoms with E-state index in [1.807, 2.05) is 47.8 Å². The molecule has 2 heterocycles. The highest BCUT2D eigenvalue weighted by Crippen LogP contribution is 2.31. The maximum atomic E-state index is 12.0. The molecule has 194 valence electrons. The lowest BCUT2D eigenvalue weighted by atomic mass is 10.2. The van der Waals surface area contributed by atoms with Gasteiger partial charge in [0.1, 0.15) is 13.6 Å². The van der Waals surface area contributed by atoms with Crippen molar-refractivity contribution in [1.82, 2.24) is 14.6 Å². The second-order valence-corrected chi connectivity index (χ2v) is 10.1. The first-order valence-electron chi connectivity index (χ1n) is 12.1. The predicted octanol–water partition coefficient (Wildman–Crippen LogP) is 2.49. The summed E-state index contributed by atoms with van der Waals surface area (Å²) in [5.74, 6) is -2.35. The van der Waals surface area contributed by atoms with Crippen LogP contribution in [0, 0.1) is 0 Å². The minimum absolute atomic E-state index is 0.0761. The van der Waals surface area contributed by atoms with E-state index in [-0.39, 0.29) is 25.7 Å². The summed E-state index contributed by atoms with van der Waals surface area (Å²) in [6.45, 7) is 1.23. The Morgan fingerprint density at radius 1 is 1.11 bits per heavy atom. The van der Waals surface area contributed by atoms with Crippen molar-refractivity contribution in [3.8, 4) is 10.6 Å². The number of fused-ring (bicyclic) bond motifs is 2. The number of aromatic nitrogens is 1. The number of hydroxylamine groups is 2. The molecule has 4 rings (SSSR count). The monoisotopic (exact) mass is 525 g/mol. The normalized spacial score (nSPS) is 14.4. The van der Waals surface area contributed by atoms with E-state index in [2.05, 4.69) is 12.1 Å². The Labute approximate surface area is 217 Å². The molecular formula is C26H29N4O6S+.